The van der Waals surface area contributed by atoms with Gasteiger partial charge in [0.15, 0.2) is 0 Å². The number of rotatable bonds is 5. The molecule has 0 atom stereocenters. The Labute approximate surface area is 150 Å². The third-order valence-electron chi connectivity index (χ3n) is 6.04. The van der Waals surface area contributed by atoms with Crippen molar-refractivity contribution in [3.8, 4) is 0 Å². The number of benzene rings is 1. The zero-order valence-corrected chi connectivity index (χ0v) is 15.1. The van der Waals surface area contributed by atoms with Crippen LogP contribution in [-0.2, 0) is 13.0 Å². The fourth-order valence-corrected chi connectivity index (χ4v) is 4.00. The lowest BCUT2D eigenvalue weighted by molar-refractivity contribution is 0.244. The van der Waals surface area contributed by atoms with E-state index in [1.165, 1.54) is 73.4 Å². The van der Waals surface area contributed by atoms with E-state index in [1.807, 2.05) is 6.20 Å². The molecule has 2 heterocycles. The molecule has 1 aromatic carbocycles. The minimum atomic E-state index is 0.723. The van der Waals surface area contributed by atoms with Crippen LogP contribution in [-0.4, -0.2) is 30.0 Å². The van der Waals surface area contributed by atoms with Gasteiger partial charge in [0.1, 0.15) is 0 Å². The lowest BCUT2D eigenvalue weighted by Crippen LogP contribution is -2.32. The fraction of sp³-hybridized carbons (Fsp3) is 0.500. The van der Waals surface area contributed by atoms with Gasteiger partial charge in [0.05, 0.1) is 11.9 Å². The van der Waals surface area contributed by atoms with E-state index >= 15 is 0 Å². The molecule has 3 aliphatic rings. The van der Waals surface area contributed by atoms with Gasteiger partial charge in [0.25, 0.3) is 0 Å². The van der Waals surface area contributed by atoms with Gasteiger partial charge in [-0.1, -0.05) is 6.07 Å². The lowest BCUT2D eigenvalue weighted by atomic mass is 9.98. The summed E-state index contributed by atoms with van der Waals surface area (Å²) in [4.78, 5) is 9.59. The van der Waals surface area contributed by atoms with Crippen LogP contribution < -0.4 is 4.90 Å². The van der Waals surface area contributed by atoms with Crippen molar-refractivity contribution in [1.82, 2.24) is 9.88 Å². The molecule has 1 aliphatic heterocycles. The molecule has 0 amide bonds. The average molecular weight is 333 g/mol. The molecular formula is C22H27N3. The molecule has 2 saturated carbocycles. The first-order chi connectivity index (χ1) is 12.3. The molecule has 0 saturated heterocycles. The number of hydrogen-bond donors (Lipinski definition) is 0. The summed E-state index contributed by atoms with van der Waals surface area (Å²) in [5.41, 5.74) is 6.76. The van der Waals surface area contributed by atoms with E-state index in [0.29, 0.717) is 0 Å². The van der Waals surface area contributed by atoms with Crippen LogP contribution in [0.1, 0.15) is 48.4 Å². The van der Waals surface area contributed by atoms with Crippen LogP contribution in [0.25, 0.3) is 0 Å². The number of pyridine rings is 1. The van der Waals surface area contributed by atoms with Gasteiger partial charge in [0.2, 0.25) is 0 Å². The predicted molar refractivity (Wildman–Crippen MR) is 102 cm³/mol. The van der Waals surface area contributed by atoms with E-state index in [1.54, 1.807) is 0 Å². The van der Waals surface area contributed by atoms with Crippen molar-refractivity contribution in [3.63, 3.8) is 0 Å². The predicted octanol–water partition coefficient (Wildman–Crippen LogP) is 4.50. The second-order valence-electron chi connectivity index (χ2n) is 8.16. The van der Waals surface area contributed by atoms with Crippen LogP contribution in [0.4, 0.5) is 11.4 Å². The van der Waals surface area contributed by atoms with Gasteiger partial charge < -0.3 is 4.90 Å². The Morgan fingerprint density at radius 2 is 1.88 bits per heavy atom. The van der Waals surface area contributed by atoms with Crippen LogP contribution in [0.15, 0.2) is 36.5 Å². The van der Waals surface area contributed by atoms with Gasteiger partial charge in [-0.2, -0.15) is 0 Å². The number of fused-ring (bicyclic) bond motifs is 1. The molecule has 0 N–H and O–H groups in total. The van der Waals surface area contributed by atoms with Gasteiger partial charge in [-0.25, -0.2) is 0 Å². The standard InChI is InChI=1S/C22H27N3/c1-24(21-8-9-22(23-13-21)18-4-5-18)20-7-6-17-10-11-25(14-16-2-3-16)15-19(17)12-20/h6-9,12-13,16,18H,2-5,10-11,14-15H2,1H3. The Morgan fingerprint density at radius 1 is 1.04 bits per heavy atom. The van der Waals surface area contributed by atoms with Crippen molar-refractivity contribution in [2.24, 2.45) is 5.92 Å². The van der Waals surface area contributed by atoms with Crippen molar-refractivity contribution in [3.05, 3.63) is 53.3 Å². The summed E-state index contributed by atoms with van der Waals surface area (Å²) in [6.45, 7) is 3.64. The highest BCUT2D eigenvalue weighted by molar-refractivity contribution is 5.63. The molecule has 5 rings (SSSR count). The molecule has 3 nitrogen and oxygen atoms in total. The largest absolute Gasteiger partial charge is 0.343 e. The zero-order valence-electron chi connectivity index (χ0n) is 15.1. The minimum absolute atomic E-state index is 0.723. The van der Waals surface area contributed by atoms with E-state index in [9.17, 15) is 0 Å². The quantitative estimate of drug-likeness (QED) is 0.803. The van der Waals surface area contributed by atoms with E-state index in [0.717, 1.165) is 18.4 Å². The first kappa shape index (κ1) is 15.4. The lowest BCUT2D eigenvalue weighted by Gasteiger charge is -2.30. The van der Waals surface area contributed by atoms with E-state index in [4.69, 9.17) is 0 Å². The highest BCUT2D eigenvalue weighted by atomic mass is 15.1. The summed E-state index contributed by atoms with van der Waals surface area (Å²) in [6, 6.07) is 11.4. The van der Waals surface area contributed by atoms with E-state index < -0.39 is 0 Å². The average Bonchev–Trinajstić information content (AvgIpc) is 3.54. The highest BCUT2D eigenvalue weighted by Gasteiger charge is 2.27. The molecule has 130 valence electrons. The smallest absolute Gasteiger partial charge is 0.0594 e. The Morgan fingerprint density at radius 3 is 2.60 bits per heavy atom. The number of aromatic nitrogens is 1. The maximum absolute atomic E-state index is 4.68. The molecule has 3 heteroatoms. The van der Waals surface area contributed by atoms with Gasteiger partial charge in [-0.3, -0.25) is 9.88 Å². The minimum Gasteiger partial charge on any atom is -0.343 e. The van der Waals surface area contributed by atoms with Gasteiger partial charge in [-0.15, -0.1) is 0 Å². The third kappa shape index (κ3) is 3.30. The molecule has 2 aliphatic carbocycles. The molecule has 0 radical (unpaired) electrons. The summed E-state index contributed by atoms with van der Waals surface area (Å²) in [7, 11) is 2.15. The second-order valence-corrected chi connectivity index (χ2v) is 8.16. The normalized spacial score (nSPS) is 20.4. The molecule has 0 bridgehead atoms. The van der Waals surface area contributed by atoms with Crippen LogP contribution in [0, 0.1) is 5.92 Å². The highest BCUT2D eigenvalue weighted by Crippen LogP contribution is 2.39. The second kappa shape index (κ2) is 6.14. The zero-order chi connectivity index (χ0) is 16.8. The molecule has 1 aromatic heterocycles. The number of anilines is 2. The Balaban J connectivity index is 1.34. The summed E-state index contributed by atoms with van der Waals surface area (Å²) in [5.74, 6) is 1.70. The topological polar surface area (TPSA) is 19.4 Å². The van der Waals surface area contributed by atoms with Crippen LogP contribution >= 0.6 is 0 Å². The summed E-state index contributed by atoms with van der Waals surface area (Å²) < 4.78 is 0. The number of nitrogens with zero attached hydrogens (tertiary/aromatic N) is 3. The summed E-state index contributed by atoms with van der Waals surface area (Å²) in [6.07, 6.45) is 8.73. The fourth-order valence-electron chi connectivity index (χ4n) is 4.00. The first-order valence-electron chi connectivity index (χ1n) is 9.80. The maximum Gasteiger partial charge on any atom is 0.0594 e. The van der Waals surface area contributed by atoms with E-state index in [-0.39, 0.29) is 0 Å². The van der Waals surface area contributed by atoms with Crippen LogP contribution in [0.5, 0.6) is 0 Å². The van der Waals surface area contributed by atoms with Crippen LogP contribution in [0.2, 0.25) is 0 Å². The molecule has 25 heavy (non-hydrogen) atoms. The van der Waals surface area contributed by atoms with Crippen molar-refractivity contribution < 1.29 is 0 Å². The Kier molecular flexibility index (Phi) is 3.78. The number of hydrogen-bond acceptors (Lipinski definition) is 3. The van der Waals surface area contributed by atoms with Crippen molar-refractivity contribution in [2.75, 3.05) is 25.0 Å². The van der Waals surface area contributed by atoms with Crippen LogP contribution in [0.3, 0.4) is 0 Å². The third-order valence-corrected chi connectivity index (χ3v) is 6.04. The summed E-state index contributed by atoms with van der Waals surface area (Å²) >= 11 is 0. The molecule has 2 aromatic rings. The molecule has 0 spiro atoms. The van der Waals surface area contributed by atoms with Crippen molar-refractivity contribution in [2.45, 2.75) is 44.6 Å². The SMILES string of the molecule is CN(c1ccc(C2CC2)nc1)c1ccc2c(c1)CN(CC1CC1)CC2. The van der Waals surface area contributed by atoms with E-state index in [2.05, 4.69) is 52.2 Å². The molecular weight excluding hydrogens is 306 g/mol. The van der Waals surface area contributed by atoms with Gasteiger partial charge in [0, 0.05) is 44.0 Å². The maximum atomic E-state index is 4.68. The Hall–Kier alpha value is -1.87. The Bertz CT molecular complexity index is 759. The molecule has 0 unspecified atom stereocenters. The van der Waals surface area contributed by atoms with Gasteiger partial charge >= 0.3 is 0 Å². The first-order valence-corrected chi connectivity index (χ1v) is 9.80. The summed E-state index contributed by atoms with van der Waals surface area (Å²) in [5, 5.41) is 0. The van der Waals surface area contributed by atoms with Crippen molar-refractivity contribution in [1.29, 1.82) is 0 Å². The molecule has 2 fully saturated rings. The van der Waals surface area contributed by atoms with Crippen molar-refractivity contribution >= 4 is 11.4 Å². The van der Waals surface area contributed by atoms with Gasteiger partial charge in [-0.05, 0) is 73.4 Å². The monoisotopic (exact) mass is 333 g/mol.